The van der Waals surface area contributed by atoms with Crippen LogP contribution in [0.3, 0.4) is 0 Å². The SMILES string of the molecule is O=C(O)c1nsc2c(Br)cccc12. The van der Waals surface area contributed by atoms with Crippen LogP contribution in [0.25, 0.3) is 10.1 Å². The van der Waals surface area contributed by atoms with Crippen LogP contribution in [-0.4, -0.2) is 15.4 Å². The molecule has 13 heavy (non-hydrogen) atoms. The highest BCUT2D eigenvalue weighted by Gasteiger charge is 2.13. The van der Waals surface area contributed by atoms with Gasteiger partial charge in [-0.3, -0.25) is 0 Å². The van der Waals surface area contributed by atoms with E-state index in [0.717, 1.165) is 9.17 Å². The Bertz CT molecular complexity index is 480. The Balaban J connectivity index is 2.83. The number of aromatic nitrogens is 1. The Hall–Kier alpha value is -0.940. The van der Waals surface area contributed by atoms with Gasteiger partial charge in [0.1, 0.15) is 0 Å². The van der Waals surface area contributed by atoms with Gasteiger partial charge in [-0.1, -0.05) is 12.1 Å². The van der Waals surface area contributed by atoms with E-state index in [9.17, 15) is 4.79 Å². The maximum atomic E-state index is 10.7. The fourth-order valence-electron chi connectivity index (χ4n) is 1.08. The molecule has 2 rings (SSSR count). The summed E-state index contributed by atoms with van der Waals surface area (Å²) in [7, 11) is 0. The molecule has 0 radical (unpaired) electrons. The lowest BCUT2D eigenvalue weighted by molar-refractivity contribution is 0.0694. The summed E-state index contributed by atoms with van der Waals surface area (Å²) in [5.41, 5.74) is 0.126. The summed E-state index contributed by atoms with van der Waals surface area (Å²) in [4.78, 5) is 10.7. The maximum Gasteiger partial charge on any atom is 0.356 e. The van der Waals surface area contributed by atoms with Gasteiger partial charge in [0.25, 0.3) is 0 Å². The van der Waals surface area contributed by atoms with Gasteiger partial charge in [0.05, 0.1) is 4.70 Å². The van der Waals surface area contributed by atoms with Crippen molar-refractivity contribution in [1.29, 1.82) is 0 Å². The molecular formula is C8H4BrNO2S. The van der Waals surface area contributed by atoms with Gasteiger partial charge in [0, 0.05) is 9.86 Å². The van der Waals surface area contributed by atoms with Crippen LogP contribution in [-0.2, 0) is 0 Å². The second kappa shape index (κ2) is 3.08. The number of carboxylic acids is 1. The number of hydrogen-bond acceptors (Lipinski definition) is 3. The van der Waals surface area contributed by atoms with Crippen LogP contribution in [0.2, 0.25) is 0 Å². The van der Waals surface area contributed by atoms with Gasteiger partial charge in [-0.05, 0) is 33.5 Å². The lowest BCUT2D eigenvalue weighted by atomic mass is 10.2. The van der Waals surface area contributed by atoms with Gasteiger partial charge in [-0.2, -0.15) is 4.37 Å². The molecule has 0 bridgehead atoms. The first-order chi connectivity index (χ1) is 6.20. The number of fused-ring (bicyclic) bond motifs is 1. The molecule has 0 atom stereocenters. The molecule has 2 aromatic rings. The molecule has 1 aromatic heterocycles. The largest absolute Gasteiger partial charge is 0.476 e. The molecule has 0 aliphatic carbocycles. The molecule has 66 valence electrons. The van der Waals surface area contributed by atoms with Crippen LogP contribution >= 0.6 is 27.5 Å². The summed E-state index contributed by atoms with van der Waals surface area (Å²) in [5, 5.41) is 9.48. The van der Waals surface area contributed by atoms with Crippen LogP contribution < -0.4 is 0 Å². The van der Waals surface area contributed by atoms with Crippen LogP contribution in [0.4, 0.5) is 0 Å². The lowest BCUT2D eigenvalue weighted by Crippen LogP contribution is -1.95. The van der Waals surface area contributed by atoms with Gasteiger partial charge in [-0.25, -0.2) is 4.79 Å². The van der Waals surface area contributed by atoms with E-state index in [2.05, 4.69) is 20.3 Å². The smallest absolute Gasteiger partial charge is 0.356 e. The zero-order valence-electron chi connectivity index (χ0n) is 6.32. The van der Waals surface area contributed by atoms with Crippen LogP contribution in [0, 0.1) is 0 Å². The summed E-state index contributed by atoms with van der Waals surface area (Å²) in [6.07, 6.45) is 0. The highest BCUT2D eigenvalue weighted by Crippen LogP contribution is 2.29. The highest BCUT2D eigenvalue weighted by atomic mass is 79.9. The van der Waals surface area contributed by atoms with E-state index in [1.54, 1.807) is 12.1 Å². The molecule has 0 aliphatic rings. The Morgan fingerprint density at radius 3 is 3.00 bits per heavy atom. The minimum absolute atomic E-state index is 0.126. The Morgan fingerprint density at radius 1 is 1.54 bits per heavy atom. The highest BCUT2D eigenvalue weighted by molar-refractivity contribution is 9.10. The minimum Gasteiger partial charge on any atom is -0.476 e. The van der Waals surface area contributed by atoms with Crippen molar-refractivity contribution in [3.05, 3.63) is 28.4 Å². The van der Waals surface area contributed by atoms with E-state index < -0.39 is 5.97 Å². The van der Waals surface area contributed by atoms with Crippen LogP contribution in [0.15, 0.2) is 22.7 Å². The summed E-state index contributed by atoms with van der Waals surface area (Å²) in [5.74, 6) is -0.982. The van der Waals surface area contributed by atoms with Crippen molar-refractivity contribution in [2.45, 2.75) is 0 Å². The zero-order chi connectivity index (χ0) is 9.42. The summed E-state index contributed by atoms with van der Waals surface area (Å²) < 4.78 is 5.63. The van der Waals surface area contributed by atoms with E-state index in [1.165, 1.54) is 11.5 Å². The van der Waals surface area contributed by atoms with Crippen molar-refractivity contribution in [3.63, 3.8) is 0 Å². The molecule has 0 unspecified atom stereocenters. The van der Waals surface area contributed by atoms with Crippen molar-refractivity contribution in [2.75, 3.05) is 0 Å². The van der Waals surface area contributed by atoms with Gasteiger partial charge in [0.15, 0.2) is 5.69 Å². The topological polar surface area (TPSA) is 50.2 Å². The first kappa shape index (κ1) is 8.65. The third-order valence-electron chi connectivity index (χ3n) is 1.65. The van der Waals surface area contributed by atoms with E-state index in [4.69, 9.17) is 5.11 Å². The monoisotopic (exact) mass is 257 g/mol. The van der Waals surface area contributed by atoms with E-state index in [-0.39, 0.29) is 5.69 Å². The number of nitrogens with zero attached hydrogens (tertiary/aromatic N) is 1. The number of carbonyl (C=O) groups is 1. The normalized spacial score (nSPS) is 10.5. The van der Waals surface area contributed by atoms with Crippen LogP contribution in [0.1, 0.15) is 10.5 Å². The third-order valence-corrected chi connectivity index (χ3v) is 3.47. The van der Waals surface area contributed by atoms with Crippen molar-refractivity contribution in [2.24, 2.45) is 0 Å². The second-order valence-electron chi connectivity index (χ2n) is 2.45. The molecule has 0 amide bonds. The summed E-state index contributed by atoms with van der Waals surface area (Å²) in [6.45, 7) is 0. The molecule has 0 fully saturated rings. The Labute approximate surface area is 86.3 Å². The number of halogens is 1. The molecule has 3 nitrogen and oxygen atoms in total. The van der Waals surface area contributed by atoms with Crippen molar-refractivity contribution < 1.29 is 9.90 Å². The van der Waals surface area contributed by atoms with Crippen molar-refractivity contribution in [1.82, 2.24) is 4.37 Å². The predicted molar refractivity (Wildman–Crippen MR) is 54.3 cm³/mol. The van der Waals surface area contributed by atoms with Crippen LogP contribution in [0.5, 0.6) is 0 Å². The lowest BCUT2D eigenvalue weighted by Gasteiger charge is -1.91. The standard InChI is InChI=1S/C8H4BrNO2S/c9-5-3-1-2-4-6(8(11)12)10-13-7(4)5/h1-3H,(H,11,12). The van der Waals surface area contributed by atoms with Crippen molar-refractivity contribution in [3.8, 4) is 0 Å². The van der Waals surface area contributed by atoms with Crippen molar-refractivity contribution >= 4 is 43.5 Å². The van der Waals surface area contributed by atoms with E-state index in [1.807, 2.05) is 6.07 Å². The zero-order valence-corrected chi connectivity index (χ0v) is 8.72. The molecule has 0 aliphatic heterocycles. The number of carboxylic acid groups (broad SMARTS) is 1. The summed E-state index contributed by atoms with van der Waals surface area (Å²) >= 11 is 4.53. The van der Waals surface area contributed by atoms with Gasteiger partial charge < -0.3 is 5.11 Å². The molecular weight excluding hydrogens is 254 g/mol. The van der Waals surface area contributed by atoms with Gasteiger partial charge in [-0.15, -0.1) is 0 Å². The van der Waals surface area contributed by atoms with E-state index >= 15 is 0 Å². The first-order valence-electron chi connectivity index (χ1n) is 3.47. The molecule has 1 heterocycles. The Morgan fingerprint density at radius 2 is 2.31 bits per heavy atom. The van der Waals surface area contributed by atoms with E-state index in [0.29, 0.717) is 5.39 Å². The molecule has 0 saturated heterocycles. The third kappa shape index (κ3) is 1.34. The number of benzene rings is 1. The number of aromatic carboxylic acids is 1. The molecule has 1 aromatic carbocycles. The average molecular weight is 258 g/mol. The minimum atomic E-state index is -0.982. The van der Waals surface area contributed by atoms with Gasteiger partial charge in [0.2, 0.25) is 0 Å². The molecule has 5 heteroatoms. The maximum absolute atomic E-state index is 10.7. The molecule has 0 spiro atoms. The summed E-state index contributed by atoms with van der Waals surface area (Å²) in [6, 6.07) is 5.42. The number of rotatable bonds is 1. The molecule has 1 N–H and O–H groups in total. The van der Waals surface area contributed by atoms with Gasteiger partial charge >= 0.3 is 5.97 Å². The Kier molecular flexibility index (Phi) is 2.05. The fraction of sp³-hybridized carbons (Fsp3) is 0. The first-order valence-corrected chi connectivity index (χ1v) is 5.04. The average Bonchev–Trinajstić information content (AvgIpc) is 2.48. The molecule has 0 saturated carbocycles. The predicted octanol–water partition coefficient (Wildman–Crippen LogP) is 2.76. The fourth-order valence-corrected chi connectivity index (χ4v) is 2.44. The second-order valence-corrected chi connectivity index (χ2v) is 4.08. The number of hydrogen-bond donors (Lipinski definition) is 1. The quantitative estimate of drug-likeness (QED) is 0.855.